The number of anilines is 1. The van der Waals surface area contributed by atoms with E-state index in [1.807, 2.05) is 25.3 Å². The molecule has 12 nitrogen and oxygen atoms in total. The minimum Gasteiger partial charge on any atom is -0.386 e. The number of carbonyl (C=O) groups excluding carboxylic acids is 1. The van der Waals surface area contributed by atoms with Crippen LogP contribution in [0.25, 0.3) is 16.6 Å². The lowest BCUT2D eigenvalue weighted by Crippen LogP contribution is -2.35. The van der Waals surface area contributed by atoms with Gasteiger partial charge in [-0.3, -0.25) is 9.48 Å². The van der Waals surface area contributed by atoms with Gasteiger partial charge in [-0.05, 0) is 69.0 Å². The van der Waals surface area contributed by atoms with Gasteiger partial charge in [0.2, 0.25) is 5.84 Å². The van der Waals surface area contributed by atoms with Crippen molar-refractivity contribution in [3.8, 4) is 11.1 Å². The molecule has 0 unspecified atom stereocenters. The van der Waals surface area contributed by atoms with Crippen molar-refractivity contribution < 1.29 is 19.0 Å². The van der Waals surface area contributed by atoms with Gasteiger partial charge in [0.15, 0.2) is 0 Å². The summed E-state index contributed by atoms with van der Waals surface area (Å²) >= 11 is 0. The summed E-state index contributed by atoms with van der Waals surface area (Å²) < 4.78 is 23.2. The van der Waals surface area contributed by atoms with Crippen LogP contribution in [0.4, 0.5) is 10.1 Å². The number of benzene rings is 1. The zero-order valence-corrected chi connectivity index (χ0v) is 23.3. The number of aliphatic hydroxyl groups is 1. The zero-order valence-electron chi connectivity index (χ0n) is 23.3. The third-order valence-electron chi connectivity index (χ3n) is 6.77. The van der Waals surface area contributed by atoms with Gasteiger partial charge in [-0.25, -0.2) is 8.91 Å². The van der Waals surface area contributed by atoms with E-state index in [1.54, 1.807) is 29.2 Å². The molecule has 1 aliphatic rings. The highest BCUT2D eigenvalue weighted by Gasteiger charge is 2.24. The molecule has 4 aromatic rings. The third-order valence-corrected chi connectivity index (χ3v) is 6.77. The van der Waals surface area contributed by atoms with Crippen LogP contribution in [0.3, 0.4) is 0 Å². The summed E-state index contributed by atoms with van der Waals surface area (Å²) in [5.74, 6) is 4.43. The number of hydrogen-bond donors (Lipinski definition) is 3. The monoisotopic (exact) mass is 561 g/mol. The number of ether oxygens (including phenoxy) is 1. The maximum atomic E-state index is 14.8. The van der Waals surface area contributed by atoms with Crippen molar-refractivity contribution in [3.63, 3.8) is 0 Å². The molecule has 1 aromatic carbocycles. The number of methoxy groups -OCH3 is 1. The molecule has 5 rings (SSSR count). The Balaban J connectivity index is 1.42. The molecule has 0 spiro atoms. The van der Waals surface area contributed by atoms with E-state index in [2.05, 4.69) is 30.8 Å². The van der Waals surface area contributed by atoms with Gasteiger partial charge in [0.05, 0.1) is 47.7 Å². The van der Waals surface area contributed by atoms with Crippen LogP contribution in [-0.2, 0) is 11.3 Å². The maximum absolute atomic E-state index is 14.8. The number of halogens is 1. The number of hydrogen-bond acceptors (Lipinski definition) is 8. The third kappa shape index (κ3) is 6.15. The Hall–Kier alpha value is -4.49. The second-order valence-electron chi connectivity index (χ2n) is 10.6. The van der Waals surface area contributed by atoms with Crippen molar-refractivity contribution in [1.82, 2.24) is 19.4 Å². The molecule has 0 aliphatic heterocycles. The highest BCUT2D eigenvalue weighted by molar-refractivity contribution is 6.10. The fourth-order valence-electron chi connectivity index (χ4n) is 4.55. The summed E-state index contributed by atoms with van der Waals surface area (Å²) in [4.78, 5) is 13.4. The Morgan fingerprint density at radius 2 is 2.07 bits per heavy atom. The van der Waals surface area contributed by atoms with Crippen molar-refractivity contribution in [2.45, 2.75) is 51.8 Å². The number of nitrogens with one attached hydrogen (secondary N) is 1. The van der Waals surface area contributed by atoms with Crippen molar-refractivity contribution in [1.29, 1.82) is 0 Å². The number of aryl methyl sites for hydroxylation is 2. The van der Waals surface area contributed by atoms with Crippen molar-refractivity contribution in [2.75, 3.05) is 19.0 Å². The average molecular weight is 562 g/mol. The molecule has 13 heteroatoms. The van der Waals surface area contributed by atoms with E-state index >= 15 is 0 Å². The number of amides is 1. The van der Waals surface area contributed by atoms with Crippen molar-refractivity contribution >= 4 is 22.9 Å². The zero-order chi connectivity index (χ0) is 29.3. The molecule has 1 fully saturated rings. The predicted octanol–water partition coefficient (Wildman–Crippen LogP) is 3.84. The van der Waals surface area contributed by atoms with E-state index in [0.29, 0.717) is 22.3 Å². The Kier molecular flexibility index (Phi) is 7.65. The van der Waals surface area contributed by atoms with Crippen molar-refractivity contribution in [3.05, 3.63) is 71.1 Å². The van der Waals surface area contributed by atoms with Crippen LogP contribution in [0.5, 0.6) is 0 Å². The lowest BCUT2D eigenvalue weighted by molar-refractivity contribution is -0.0308. The average Bonchev–Trinajstić information content (AvgIpc) is 3.54. The van der Waals surface area contributed by atoms with Gasteiger partial charge >= 0.3 is 0 Å². The van der Waals surface area contributed by atoms with Gasteiger partial charge in [-0.2, -0.15) is 20.4 Å². The van der Waals surface area contributed by atoms with Crippen LogP contribution in [-0.4, -0.2) is 61.6 Å². The largest absolute Gasteiger partial charge is 0.386 e. The Morgan fingerprint density at radius 1 is 1.29 bits per heavy atom. The smallest absolute Gasteiger partial charge is 0.259 e. The van der Waals surface area contributed by atoms with E-state index in [-0.39, 0.29) is 30.6 Å². The number of pyridine rings is 1. The summed E-state index contributed by atoms with van der Waals surface area (Å²) in [5.41, 5.74) is 3.18. The number of amidine groups is 1. The number of nitrogens with two attached hydrogens (primary N) is 1. The predicted molar refractivity (Wildman–Crippen MR) is 151 cm³/mol. The van der Waals surface area contributed by atoms with Gasteiger partial charge in [0.25, 0.3) is 5.91 Å². The van der Waals surface area contributed by atoms with Gasteiger partial charge in [-0.15, -0.1) is 5.11 Å². The summed E-state index contributed by atoms with van der Waals surface area (Å²) in [6.45, 7) is 5.67. The van der Waals surface area contributed by atoms with Gasteiger partial charge in [-0.1, -0.05) is 0 Å². The molecule has 1 atom stereocenters. The Labute approximate surface area is 235 Å². The van der Waals surface area contributed by atoms with Crippen LogP contribution in [0.2, 0.25) is 0 Å². The second kappa shape index (κ2) is 11.2. The topological polar surface area (TPSA) is 157 Å². The molecule has 4 N–H and O–H groups in total. The molecule has 1 saturated carbocycles. The van der Waals surface area contributed by atoms with Gasteiger partial charge < -0.3 is 21.0 Å². The van der Waals surface area contributed by atoms with Crippen LogP contribution in [0.1, 0.15) is 46.9 Å². The van der Waals surface area contributed by atoms with E-state index in [4.69, 9.17) is 10.6 Å². The molecule has 3 heterocycles. The summed E-state index contributed by atoms with van der Waals surface area (Å²) in [6.07, 6.45) is 6.94. The first kappa shape index (κ1) is 28.1. The molecule has 0 saturated heterocycles. The fraction of sp³-hybridized carbons (Fsp3) is 0.357. The Morgan fingerprint density at radius 3 is 2.78 bits per heavy atom. The second-order valence-corrected chi connectivity index (χ2v) is 10.6. The number of carbonyl (C=O) groups is 1. The van der Waals surface area contributed by atoms with E-state index in [0.717, 1.165) is 29.7 Å². The first-order valence-corrected chi connectivity index (χ1v) is 13.1. The SMILES string of the molecule is COC[C@@](C)(O)Cn1cc(-c2ccn3ncc(C(=O)Nc4cc(C(N=NC5CC5)=NN)c(F)cc4C)c3c2)c(C)n1. The highest BCUT2D eigenvalue weighted by atomic mass is 19.1. The molecule has 1 amide bonds. The molecule has 3 aromatic heterocycles. The molecule has 0 radical (unpaired) electrons. The minimum absolute atomic E-state index is 0.0388. The van der Waals surface area contributed by atoms with Crippen LogP contribution in [0.15, 0.2) is 58.2 Å². The van der Waals surface area contributed by atoms with Crippen LogP contribution in [0, 0.1) is 19.7 Å². The number of hydrazone groups is 1. The van der Waals surface area contributed by atoms with E-state index < -0.39 is 17.3 Å². The number of aromatic nitrogens is 4. The van der Waals surface area contributed by atoms with Crippen molar-refractivity contribution in [2.24, 2.45) is 21.2 Å². The molecular formula is C28H32FN9O3. The Bertz CT molecular complexity index is 1670. The summed E-state index contributed by atoms with van der Waals surface area (Å²) in [6, 6.07) is 6.59. The molecular weight excluding hydrogens is 529 g/mol. The number of rotatable bonds is 9. The molecule has 1 aliphatic carbocycles. The highest BCUT2D eigenvalue weighted by Crippen LogP contribution is 2.28. The molecule has 41 heavy (non-hydrogen) atoms. The van der Waals surface area contributed by atoms with Crippen LogP contribution >= 0.6 is 0 Å². The quantitative estimate of drug-likeness (QED) is 0.0927. The van der Waals surface area contributed by atoms with Crippen LogP contribution < -0.4 is 11.2 Å². The first-order valence-electron chi connectivity index (χ1n) is 13.1. The number of nitrogens with zero attached hydrogens (tertiary/aromatic N) is 7. The number of fused-ring (bicyclic) bond motifs is 1. The fourth-order valence-corrected chi connectivity index (χ4v) is 4.55. The summed E-state index contributed by atoms with van der Waals surface area (Å²) in [7, 11) is 1.53. The molecule has 0 bridgehead atoms. The standard InChI is InChI=1S/C28H32FN9O3/c1-16-9-23(29)20(26(33-30)35-34-19-5-6-19)11-24(16)32-27(39)21-12-31-38-8-7-18(10-25(21)38)22-13-37(36-17(22)2)14-28(3,40)15-41-4/h7-13,19,40H,5-6,14-15,30H2,1-4H3,(H,32,39)/t28-/m0/s1. The van der Waals surface area contributed by atoms with Gasteiger partial charge in [0, 0.05) is 30.8 Å². The normalized spacial score (nSPS) is 15.5. The lowest BCUT2D eigenvalue weighted by atomic mass is 10.1. The first-order chi connectivity index (χ1) is 19.6. The summed E-state index contributed by atoms with van der Waals surface area (Å²) in [5, 5.41) is 34.0. The lowest BCUT2D eigenvalue weighted by Gasteiger charge is -2.21. The van der Waals surface area contributed by atoms with E-state index in [9.17, 15) is 14.3 Å². The molecule has 214 valence electrons. The maximum Gasteiger partial charge on any atom is 0.259 e. The minimum atomic E-state index is -1.08. The van der Waals surface area contributed by atoms with Gasteiger partial charge in [0.1, 0.15) is 11.4 Å². The van der Waals surface area contributed by atoms with E-state index in [1.165, 1.54) is 25.4 Å². The number of azo groups is 1.